The Morgan fingerprint density at radius 3 is 2.86 bits per heavy atom. The molecule has 0 unspecified atom stereocenters. The van der Waals surface area contributed by atoms with E-state index in [-0.39, 0.29) is 6.42 Å². The Balaban J connectivity index is 1.66. The molecule has 4 bridgehead atoms. The summed E-state index contributed by atoms with van der Waals surface area (Å²) in [6, 6.07) is 0.337. The van der Waals surface area contributed by atoms with Crippen molar-refractivity contribution in [3.05, 3.63) is 36.5 Å². The fraction of sp³-hybridized carbons (Fsp3) is 0.542. The van der Waals surface area contributed by atoms with E-state index in [0.717, 1.165) is 6.42 Å². The molecule has 4 heterocycles. The smallest absolute Gasteiger partial charge is 0.389 e. The van der Waals surface area contributed by atoms with E-state index >= 15 is 0 Å². The van der Waals surface area contributed by atoms with E-state index in [0.29, 0.717) is 60.9 Å². The third-order valence-electron chi connectivity index (χ3n) is 6.35. The van der Waals surface area contributed by atoms with Crippen LogP contribution < -0.4 is 10.1 Å². The van der Waals surface area contributed by atoms with Crippen molar-refractivity contribution in [3.63, 3.8) is 0 Å². The number of imidazole rings is 1. The van der Waals surface area contributed by atoms with Gasteiger partial charge in [-0.3, -0.25) is 0 Å². The number of aromatic nitrogens is 5. The number of nitrogens with one attached hydrogen (secondary N) is 1. The lowest BCUT2D eigenvalue weighted by atomic mass is 10.0. The lowest BCUT2D eigenvalue weighted by Gasteiger charge is -2.30. The predicted molar refractivity (Wildman–Crippen MR) is 126 cm³/mol. The summed E-state index contributed by atoms with van der Waals surface area (Å²) in [4.78, 5) is 23.7. The van der Waals surface area contributed by atoms with E-state index in [2.05, 4.69) is 25.5 Å². The van der Waals surface area contributed by atoms with E-state index in [1.807, 2.05) is 30.5 Å². The molecular weight excluding hydrogens is 475 g/mol. The van der Waals surface area contributed by atoms with Gasteiger partial charge in [0.2, 0.25) is 5.65 Å². The van der Waals surface area contributed by atoms with Crippen molar-refractivity contribution < 1.29 is 22.7 Å². The van der Waals surface area contributed by atoms with Crippen molar-refractivity contribution in [2.75, 3.05) is 13.2 Å². The molecule has 2 amide bonds. The number of ether oxygens (including phenoxy) is 1. The summed E-state index contributed by atoms with van der Waals surface area (Å²) in [7, 11) is 0. The van der Waals surface area contributed by atoms with Gasteiger partial charge in [0.05, 0.1) is 30.2 Å². The molecule has 1 aliphatic rings. The molecule has 194 valence electrons. The average Bonchev–Trinajstić information content (AvgIpc) is 3.33. The molecule has 9 nitrogen and oxygen atoms in total. The number of nitrogens with zero attached hydrogens (tertiary/aromatic N) is 6. The molecule has 3 aromatic heterocycles. The molecule has 1 aliphatic heterocycles. The first kappa shape index (κ1) is 25.6. The summed E-state index contributed by atoms with van der Waals surface area (Å²) in [6.07, 6.45) is 4.02. The molecule has 0 aromatic carbocycles. The lowest BCUT2D eigenvalue weighted by molar-refractivity contribution is -0.136. The average molecular weight is 506 g/mol. The fourth-order valence-electron chi connectivity index (χ4n) is 4.34. The second kappa shape index (κ2) is 11.1. The van der Waals surface area contributed by atoms with E-state index in [1.165, 1.54) is 0 Å². The lowest BCUT2D eigenvalue weighted by Crippen LogP contribution is -2.46. The van der Waals surface area contributed by atoms with Gasteiger partial charge in [0.1, 0.15) is 0 Å². The summed E-state index contributed by atoms with van der Waals surface area (Å²) in [6.45, 7) is 4.37. The highest BCUT2D eigenvalue weighted by atomic mass is 19.4. The van der Waals surface area contributed by atoms with E-state index in [1.54, 1.807) is 23.5 Å². The van der Waals surface area contributed by atoms with Crippen LogP contribution in [0.2, 0.25) is 0 Å². The van der Waals surface area contributed by atoms with E-state index < -0.39 is 30.7 Å². The van der Waals surface area contributed by atoms with Gasteiger partial charge in [-0.2, -0.15) is 23.4 Å². The van der Waals surface area contributed by atoms with Crippen LogP contribution >= 0.6 is 0 Å². The van der Waals surface area contributed by atoms with Gasteiger partial charge in [-0.05, 0) is 45.6 Å². The molecule has 0 saturated carbocycles. The van der Waals surface area contributed by atoms with Crippen molar-refractivity contribution in [2.45, 2.75) is 70.6 Å². The Labute approximate surface area is 207 Å². The van der Waals surface area contributed by atoms with Gasteiger partial charge in [0.15, 0.2) is 0 Å². The minimum atomic E-state index is -4.28. The van der Waals surface area contributed by atoms with Crippen LogP contribution in [0.4, 0.5) is 18.0 Å². The zero-order valence-electron chi connectivity index (χ0n) is 20.3. The molecule has 0 radical (unpaired) electrons. The van der Waals surface area contributed by atoms with Crippen molar-refractivity contribution >= 4 is 11.7 Å². The first-order valence-electron chi connectivity index (χ1n) is 12.2. The van der Waals surface area contributed by atoms with Gasteiger partial charge in [0.25, 0.3) is 5.88 Å². The standard InChI is InChI=1S/C24H30F3N7O2/c1-3-34-16(2)19-13-17(14-29-32-19)20-15-33-11-10-28-21(33)22(31-20)36-12-6-4-5-7-18(30-23(34)35)8-9-24(25,26)27/h10-11,13-16,18H,3-9,12H2,1-2H3,(H,30,35)/t16-,18-/m1/s1. The summed E-state index contributed by atoms with van der Waals surface area (Å²) < 4.78 is 46.5. The first-order chi connectivity index (χ1) is 17.2. The van der Waals surface area contributed by atoms with Crippen LogP contribution in [0.1, 0.15) is 64.1 Å². The minimum absolute atomic E-state index is 0.166. The summed E-state index contributed by atoms with van der Waals surface area (Å²) in [5.74, 6) is 0.392. The number of carbonyl (C=O) groups excluding carboxylic acids is 1. The van der Waals surface area contributed by atoms with E-state index in [4.69, 9.17) is 4.74 Å². The molecule has 0 fully saturated rings. The number of hydrogen-bond acceptors (Lipinski definition) is 6. The van der Waals surface area contributed by atoms with Crippen LogP contribution in [-0.2, 0) is 0 Å². The third kappa shape index (κ3) is 6.21. The van der Waals surface area contributed by atoms with Gasteiger partial charge in [-0.25, -0.2) is 14.8 Å². The molecule has 36 heavy (non-hydrogen) atoms. The highest BCUT2D eigenvalue weighted by Crippen LogP contribution is 2.27. The maximum atomic E-state index is 13.1. The first-order valence-corrected chi connectivity index (χ1v) is 12.2. The van der Waals surface area contributed by atoms with Crippen LogP contribution in [0.3, 0.4) is 0 Å². The summed E-state index contributed by atoms with van der Waals surface area (Å²) in [5.41, 5.74) is 2.43. The fourth-order valence-corrected chi connectivity index (χ4v) is 4.34. The Morgan fingerprint density at radius 1 is 1.25 bits per heavy atom. The Kier molecular flexibility index (Phi) is 7.90. The monoisotopic (exact) mass is 505 g/mol. The molecular formula is C24H30F3N7O2. The third-order valence-corrected chi connectivity index (χ3v) is 6.35. The molecule has 12 heteroatoms. The number of carbonyl (C=O) groups is 1. The van der Waals surface area contributed by atoms with Crippen LogP contribution in [0, 0.1) is 0 Å². The molecule has 3 aromatic rings. The number of halogens is 3. The normalized spacial score (nSPS) is 20.0. The van der Waals surface area contributed by atoms with Crippen LogP contribution in [-0.4, -0.2) is 60.9 Å². The number of alkyl halides is 3. The van der Waals surface area contributed by atoms with Gasteiger partial charge < -0.3 is 19.4 Å². The number of rotatable bonds is 3. The summed E-state index contributed by atoms with van der Waals surface area (Å²) >= 11 is 0. The second-order valence-electron chi connectivity index (χ2n) is 8.92. The number of urea groups is 1. The Bertz CT molecular complexity index is 1180. The molecule has 4 rings (SSSR count). The van der Waals surface area contributed by atoms with Crippen LogP contribution in [0.15, 0.2) is 30.9 Å². The Morgan fingerprint density at radius 2 is 2.08 bits per heavy atom. The zero-order valence-corrected chi connectivity index (χ0v) is 20.3. The number of hydrogen-bond donors (Lipinski definition) is 1. The quantitative estimate of drug-likeness (QED) is 0.541. The van der Waals surface area contributed by atoms with Crippen molar-refractivity contribution in [1.82, 2.24) is 34.8 Å². The second-order valence-corrected chi connectivity index (χ2v) is 8.92. The SMILES string of the molecule is CCN1C(=O)N[C@@H](CCC(F)(F)F)CCCCCOc2nc(cn3ccnc23)-c2cnnc(c2)[C@H]1C. The zero-order chi connectivity index (χ0) is 25.7. The molecule has 0 saturated heterocycles. The molecule has 0 spiro atoms. The molecule has 0 aliphatic carbocycles. The van der Waals surface area contributed by atoms with Crippen LogP contribution in [0.25, 0.3) is 16.9 Å². The topological polar surface area (TPSA) is 97.5 Å². The van der Waals surface area contributed by atoms with Gasteiger partial charge in [-0.15, -0.1) is 0 Å². The largest absolute Gasteiger partial charge is 0.475 e. The van der Waals surface area contributed by atoms with Gasteiger partial charge >= 0.3 is 12.2 Å². The number of fused-ring (bicyclic) bond motifs is 7. The maximum Gasteiger partial charge on any atom is 0.389 e. The highest BCUT2D eigenvalue weighted by Gasteiger charge is 2.30. The minimum Gasteiger partial charge on any atom is -0.475 e. The molecule has 1 N–H and O–H groups in total. The van der Waals surface area contributed by atoms with Crippen molar-refractivity contribution in [2.24, 2.45) is 0 Å². The van der Waals surface area contributed by atoms with Gasteiger partial charge in [0, 0.05) is 43.2 Å². The predicted octanol–water partition coefficient (Wildman–Crippen LogP) is 4.94. The van der Waals surface area contributed by atoms with Crippen LogP contribution in [0.5, 0.6) is 5.88 Å². The van der Waals surface area contributed by atoms with Gasteiger partial charge in [-0.1, -0.05) is 6.42 Å². The van der Waals surface area contributed by atoms with Crippen molar-refractivity contribution in [1.29, 1.82) is 0 Å². The van der Waals surface area contributed by atoms with Crippen molar-refractivity contribution in [3.8, 4) is 17.1 Å². The summed E-state index contributed by atoms with van der Waals surface area (Å²) in [5, 5.41) is 11.2. The Hall–Kier alpha value is -3.44. The molecule has 2 atom stereocenters. The highest BCUT2D eigenvalue weighted by molar-refractivity contribution is 5.75. The maximum absolute atomic E-state index is 13.1. The van der Waals surface area contributed by atoms with E-state index in [9.17, 15) is 18.0 Å². The number of amides is 2.